The normalized spacial score (nSPS) is 12.6. The molecule has 0 aliphatic heterocycles. The van der Waals surface area contributed by atoms with Crippen LogP contribution in [0.2, 0.25) is 0 Å². The van der Waals surface area contributed by atoms with Crippen LogP contribution in [0, 0.1) is 0 Å². The Kier molecular flexibility index (Phi) is 4.88. The van der Waals surface area contributed by atoms with Gasteiger partial charge in [0, 0.05) is 24.7 Å². The van der Waals surface area contributed by atoms with Gasteiger partial charge in [0.25, 0.3) is 5.91 Å². The van der Waals surface area contributed by atoms with E-state index >= 15 is 0 Å². The second-order valence-electron chi connectivity index (χ2n) is 4.75. The number of hydrogen-bond acceptors (Lipinski definition) is 5. The molecule has 1 unspecified atom stereocenters. The number of nitrogens with zero attached hydrogens (tertiary/aromatic N) is 2. The Bertz CT molecular complexity index is 611. The van der Waals surface area contributed by atoms with Crippen LogP contribution in [-0.4, -0.2) is 40.9 Å². The van der Waals surface area contributed by atoms with Crippen LogP contribution < -0.4 is 5.73 Å². The van der Waals surface area contributed by atoms with Gasteiger partial charge >= 0.3 is 0 Å². The molecular formula is C14H19N3OS2. The van der Waals surface area contributed by atoms with E-state index in [9.17, 15) is 4.79 Å². The number of pyridine rings is 1. The van der Waals surface area contributed by atoms with Gasteiger partial charge in [-0.25, -0.2) is 4.98 Å². The summed E-state index contributed by atoms with van der Waals surface area (Å²) in [5.74, 6) is 1.03. The highest BCUT2D eigenvalue weighted by molar-refractivity contribution is 7.98. The van der Waals surface area contributed by atoms with Crippen molar-refractivity contribution in [3.05, 3.63) is 23.2 Å². The molecule has 2 N–H and O–H groups in total. The number of nitrogens with two attached hydrogens (primary N) is 1. The molecule has 108 valence electrons. The number of hydrogen-bond donors (Lipinski definition) is 1. The molecule has 0 aliphatic carbocycles. The van der Waals surface area contributed by atoms with Crippen molar-refractivity contribution in [1.82, 2.24) is 9.88 Å². The molecule has 0 saturated carbocycles. The first-order valence-electron chi connectivity index (χ1n) is 6.45. The fraction of sp³-hybridized carbons (Fsp3) is 0.429. The van der Waals surface area contributed by atoms with Gasteiger partial charge in [-0.1, -0.05) is 0 Å². The molecule has 2 aromatic rings. The number of amides is 1. The van der Waals surface area contributed by atoms with Gasteiger partial charge in [-0.15, -0.1) is 11.3 Å². The summed E-state index contributed by atoms with van der Waals surface area (Å²) in [4.78, 5) is 20.0. The van der Waals surface area contributed by atoms with Crippen LogP contribution in [-0.2, 0) is 0 Å². The highest BCUT2D eigenvalue weighted by Gasteiger charge is 2.23. The molecule has 2 aromatic heterocycles. The first kappa shape index (κ1) is 15.1. The number of anilines is 1. The lowest BCUT2D eigenvalue weighted by molar-refractivity contribution is 0.0747. The van der Waals surface area contributed by atoms with Crippen molar-refractivity contribution in [2.24, 2.45) is 0 Å². The quantitative estimate of drug-likeness (QED) is 0.922. The van der Waals surface area contributed by atoms with Gasteiger partial charge in [0.1, 0.15) is 9.71 Å². The van der Waals surface area contributed by atoms with Crippen molar-refractivity contribution in [3.63, 3.8) is 0 Å². The van der Waals surface area contributed by atoms with E-state index < -0.39 is 0 Å². The predicted molar refractivity (Wildman–Crippen MR) is 88.6 cm³/mol. The van der Waals surface area contributed by atoms with E-state index in [4.69, 9.17) is 5.73 Å². The summed E-state index contributed by atoms with van der Waals surface area (Å²) in [7, 11) is 1.84. The second-order valence-corrected chi connectivity index (χ2v) is 6.73. The average molecular weight is 309 g/mol. The fourth-order valence-corrected chi connectivity index (χ4v) is 3.58. The summed E-state index contributed by atoms with van der Waals surface area (Å²) < 4.78 is 0. The van der Waals surface area contributed by atoms with Gasteiger partial charge in [0.15, 0.2) is 0 Å². The van der Waals surface area contributed by atoms with Gasteiger partial charge < -0.3 is 10.6 Å². The molecule has 2 heterocycles. The summed E-state index contributed by atoms with van der Waals surface area (Å²) in [6.07, 6.45) is 4.77. The first-order valence-corrected chi connectivity index (χ1v) is 8.66. The third kappa shape index (κ3) is 2.91. The van der Waals surface area contributed by atoms with E-state index in [2.05, 4.69) is 18.2 Å². The van der Waals surface area contributed by atoms with Crippen molar-refractivity contribution >= 4 is 44.9 Å². The molecule has 1 amide bonds. The van der Waals surface area contributed by atoms with Crippen LogP contribution in [0.1, 0.15) is 23.0 Å². The molecule has 0 aromatic carbocycles. The number of carbonyl (C=O) groups is 1. The standard InChI is InChI=1S/C14H19N3OS2/c1-9(6-8-19-3)17(2)14(18)12-11(15)10-5-4-7-16-13(10)20-12/h4-5,7,9H,6,8,15H2,1-3H3. The smallest absolute Gasteiger partial charge is 0.266 e. The highest BCUT2D eigenvalue weighted by atomic mass is 32.2. The third-order valence-corrected chi connectivity index (χ3v) is 5.18. The van der Waals surface area contributed by atoms with Gasteiger partial charge in [-0.3, -0.25) is 4.79 Å². The number of thioether (sulfide) groups is 1. The molecule has 0 saturated heterocycles. The second kappa shape index (κ2) is 6.45. The number of rotatable bonds is 5. The van der Waals surface area contributed by atoms with E-state index in [0.29, 0.717) is 10.6 Å². The van der Waals surface area contributed by atoms with Crippen LogP contribution in [0.25, 0.3) is 10.2 Å². The molecule has 1 atom stereocenters. The molecular weight excluding hydrogens is 290 g/mol. The largest absolute Gasteiger partial charge is 0.397 e. The maximum Gasteiger partial charge on any atom is 0.266 e. The van der Waals surface area contributed by atoms with E-state index in [1.54, 1.807) is 22.9 Å². The molecule has 0 bridgehead atoms. The Morgan fingerprint density at radius 2 is 2.35 bits per heavy atom. The van der Waals surface area contributed by atoms with E-state index in [0.717, 1.165) is 22.4 Å². The highest BCUT2D eigenvalue weighted by Crippen LogP contribution is 2.33. The molecule has 0 spiro atoms. The van der Waals surface area contributed by atoms with Crippen LogP contribution >= 0.6 is 23.1 Å². The molecule has 0 aliphatic rings. The van der Waals surface area contributed by atoms with Crippen molar-refractivity contribution in [1.29, 1.82) is 0 Å². The van der Waals surface area contributed by atoms with E-state index in [-0.39, 0.29) is 11.9 Å². The lowest BCUT2D eigenvalue weighted by Crippen LogP contribution is -2.35. The zero-order valence-corrected chi connectivity index (χ0v) is 13.6. The Balaban J connectivity index is 2.24. The van der Waals surface area contributed by atoms with Gasteiger partial charge in [0.2, 0.25) is 0 Å². The Labute approximate surface area is 127 Å². The Morgan fingerprint density at radius 1 is 1.60 bits per heavy atom. The predicted octanol–water partition coefficient (Wildman–Crippen LogP) is 3.09. The zero-order chi connectivity index (χ0) is 14.7. The topological polar surface area (TPSA) is 59.2 Å². The van der Waals surface area contributed by atoms with Crippen LogP contribution in [0.3, 0.4) is 0 Å². The van der Waals surface area contributed by atoms with Gasteiger partial charge in [0.05, 0.1) is 5.69 Å². The fourth-order valence-electron chi connectivity index (χ4n) is 1.95. The van der Waals surface area contributed by atoms with Crippen molar-refractivity contribution in [2.45, 2.75) is 19.4 Å². The lowest BCUT2D eigenvalue weighted by Gasteiger charge is -2.24. The van der Waals surface area contributed by atoms with Crippen LogP contribution in [0.15, 0.2) is 18.3 Å². The zero-order valence-electron chi connectivity index (χ0n) is 11.9. The maximum absolute atomic E-state index is 12.6. The SMILES string of the molecule is CSCCC(C)N(C)C(=O)c1sc2ncccc2c1N. The monoisotopic (exact) mass is 309 g/mol. The Hall–Kier alpha value is -1.27. The molecule has 4 nitrogen and oxygen atoms in total. The molecule has 0 fully saturated rings. The van der Waals surface area contributed by atoms with E-state index in [1.807, 2.05) is 19.2 Å². The number of carbonyl (C=O) groups excluding carboxylic acids is 1. The third-order valence-electron chi connectivity index (χ3n) is 3.42. The number of thiophene rings is 1. The van der Waals surface area contributed by atoms with Gasteiger partial charge in [-0.2, -0.15) is 11.8 Å². The van der Waals surface area contributed by atoms with Crippen LogP contribution in [0.4, 0.5) is 5.69 Å². The number of nitrogen functional groups attached to an aromatic ring is 1. The Morgan fingerprint density at radius 3 is 3.00 bits per heavy atom. The average Bonchev–Trinajstić information content (AvgIpc) is 2.81. The van der Waals surface area contributed by atoms with Crippen LogP contribution in [0.5, 0.6) is 0 Å². The summed E-state index contributed by atoms with van der Waals surface area (Å²) in [6.45, 7) is 2.07. The summed E-state index contributed by atoms with van der Waals surface area (Å²) in [5, 5.41) is 0.867. The summed E-state index contributed by atoms with van der Waals surface area (Å²) in [5.41, 5.74) is 6.64. The van der Waals surface area contributed by atoms with Crippen molar-refractivity contribution in [3.8, 4) is 0 Å². The lowest BCUT2D eigenvalue weighted by atomic mass is 10.2. The first-order chi connectivity index (χ1) is 9.56. The summed E-state index contributed by atoms with van der Waals surface area (Å²) in [6, 6.07) is 3.94. The van der Waals surface area contributed by atoms with Crippen molar-refractivity contribution < 1.29 is 4.79 Å². The summed E-state index contributed by atoms with van der Waals surface area (Å²) >= 11 is 3.16. The molecule has 6 heteroatoms. The minimum Gasteiger partial charge on any atom is -0.397 e. The molecule has 20 heavy (non-hydrogen) atoms. The molecule has 2 rings (SSSR count). The minimum atomic E-state index is -0.0147. The van der Waals surface area contributed by atoms with E-state index in [1.165, 1.54) is 11.3 Å². The van der Waals surface area contributed by atoms with Gasteiger partial charge in [-0.05, 0) is 37.5 Å². The van der Waals surface area contributed by atoms with Crippen molar-refractivity contribution in [2.75, 3.05) is 24.8 Å². The maximum atomic E-state index is 12.6. The number of aromatic nitrogens is 1. The molecule has 0 radical (unpaired) electrons. The number of fused-ring (bicyclic) bond motifs is 1. The minimum absolute atomic E-state index is 0.0147.